The fourth-order valence-corrected chi connectivity index (χ4v) is 3.45. The van der Waals surface area contributed by atoms with Crippen molar-refractivity contribution < 1.29 is 4.79 Å². The second kappa shape index (κ2) is 5.57. The highest BCUT2D eigenvalue weighted by Crippen LogP contribution is 2.21. The Kier molecular flexibility index (Phi) is 3.41. The smallest absolute Gasteiger partial charge is 0.253 e. The van der Waals surface area contributed by atoms with Crippen molar-refractivity contribution in [1.82, 2.24) is 19.4 Å². The van der Waals surface area contributed by atoms with Gasteiger partial charge in [-0.3, -0.25) is 4.79 Å². The number of amides is 1. The van der Waals surface area contributed by atoms with Gasteiger partial charge < -0.3 is 14.5 Å². The molecule has 1 N–H and O–H groups in total. The van der Waals surface area contributed by atoms with E-state index in [9.17, 15) is 4.79 Å². The number of aromatic nitrogens is 3. The number of imidazole rings is 1. The Bertz CT molecular complexity index is 847. The van der Waals surface area contributed by atoms with Gasteiger partial charge in [0, 0.05) is 61.6 Å². The number of H-pyrrole nitrogens is 1. The summed E-state index contributed by atoms with van der Waals surface area (Å²) in [4.78, 5) is 22.1. The number of fused-ring (bicyclic) bond motifs is 2. The van der Waals surface area contributed by atoms with Crippen LogP contribution in [0.4, 0.5) is 0 Å². The average Bonchev–Trinajstić information content (AvgIpc) is 3.21. The highest BCUT2D eigenvalue weighted by atomic mass is 16.2. The lowest BCUT2D eigenvalue weighted by Crippen LogP contribution is -2.35. The number of carbonyl (C=O) groups is 1. The maximum absolute atomic E-state index is 12.7. The van der Waals surface area contributed by atoms with Crippen LogP contribution in [-0.4, -0.2) is 38.9 Å². The van der Waals surface area contributed by atoms with Crippen molar-refractivity contribution >= 4 is 16.8 Å². The fraction of sp³-hybridized carbons (Fsp3) is 0.333. The molecule has 3 heterocycles. The minimum absolute atomic E-state index is 0.0852. The molecule has 23 heavy (non-hydrogen) atoms. The Labute approximate surface area is 134 Å². The van der Waals surface area contributed by atoms with E-state index >= 15 is 0 Å². The molecular formula is C18H20N4O. The first kappa shape index (κ1) is 14.1. The van der Waals surface area contributed by atoms with Gasteiger partial charge in [-0.1, -0.05) is 0 Å². The summed E-state index contributed by atoms with van der Waals surface area (Å²) in [6, 6.07) is 7.81. The van der Waals surface area contributed by atoms with Crippen LogP contribution < -0.4 is 0 Å². The summed E-state index contributed by atoms with van der Waals surface area (Å²) >= 11 is 0. The molecule has 0 saturated carbocycles. The Morgan fingerprint density at radius 1 is 1.43 bits per heavy atom. The van der Waals surface area contributed by atoms with Crippen LogP contribution in [0.5, 0.6) is 0 Å². The van der Waals surface area contributed by atoms with Crippen LogP contribution in [0.2, 0.25) is 0 Å². The second-order valence-corrected chi connectivity index (χ2v) is 6.36. The standard InChI is InChI=1S/C18H20N4O/c1-21(12-13-5-8-22-9-7-20-17(22)10-13)18(23)15-2-3-16-14(11-15)4-6-19-16/h2-4,6-7,9,11,13,19H,5,8,10,12H2,1H3. The van der Waals surface area contributed by atoms with Crippen LogP contribution in [0, 0.1) is 5.92 Å². The number of carbonyl (C=O) groups excluding carboxylic acids is 1. The molecule has 5 nitrogen and oxygen atoms in total. The third-order valence-corrected chi connectivity index (χ3v) is 4.73. The predicted octanol–water partition coefficient (Wildman–Crippen LogP) is 2.70. The van der Waals surface area contributed by atoms with E-state index in [1.165, 1.54) is 0 Å². The molecule has 3 aromatic rings. The highest BCUT2D eigenvalue weighted by Gasteiger charge is 2.22. The van der Waals surface area contributed by atoms with Gasteiger partial charge in [-0.2, -0.15) is 0 Å². The normalized spacial score (nSPS) is 17.2. The summed E-state index contributed by atoms with van der Waals surface area (Å²) in [6.07, 6.45) is 7.83. The molecule has 0 bridgehead atoms. The van der Waals surface area contributed by atoms with Crippen molar-refractivity contribution in [3.05, 3.63) is 54.2 Å². The number of hydrogen-bond acceptors (Lipinski definition) is 2. The van der Waals surface area contributed by atoms with Crippen molar-refractivity contribution in [3.8, 4) is 0 Å². The van der Waals surface area contributed by atoms with Crippen LogP contribution >= 0.6 is 0 Å². The second-order valence-electron chi connectivity index (χ2n) is 6.36. The number of aryl methyl sites for hydroxylation is 1. The number of hydrogen-bond donors (Lipinski definition) is 1. The van der Waals surface area contributed by atoms with Crippen molar-refractivity contribution in [2.24, 2.45) is 5.92 Å². The lowest BCUT2D eigenvalue weighted by molar-refractivity contribution is 0.0764. The molecule has 0 saturated heterocycles. The van der Waals surface area contributed by atoms with E-state index in [0.717, 1.165) is 48.2 Å². The van der Waals surface area contributed by atoms with Gasteiger partial charge in [-0.25, -0.2) is 4.98 Å². The van der Waals surface area contributed by atoms with Gasteiger partial charge in [0.1, 0.15) is 5.82 Å². The molecule has 1 amide bonds. The molecule has 1 aliphatic rings. The molecule has 0 fully saturated rings. The molecule has 118 valence electrons. The number of benzene rings is 1. The van der Waals surface area contributed by atoms with Crippen molar-refractivity contribution in [2.75, 3.05) is 13.6 Å². The molecule has 1 atom stereocenters. The van der Waals surface area contributed by atoms with E-state index in [1.54, 1.807) is 0 Å². The summed E-state index contributed by atoms with van der Waals surface area (Å²) in [5.41, 5.74) is 1.81. The molecule has 0 radical (unpaired) electrons. The summed E-state index contributed by atoms with van der Waals surface area (Å²) in [6.45, 7) is 1.77. The molecule has 0 aliphatic carbocycles. The Balaban J connectivity index is 1.46. The maximum atomic E-state index is 12.7. The van der Waals surface area contributed by atoms with Crippen LogP contribution in [0.15, 0.2) is 42.9 Å². The lowest BCUT2D eigenvalue weighted by Gasteiger charge is -2.28. The monoisotopic (exact) mass is 308 g/mol. The first-order chi connectivity index (χ1) is 11.2. The zero-order chi connectivity index (χ0) is 15.8. The topological polar surface area (TPSA) is 53.9 Å². The van der Waals surface area contributed by atoms with Gasteiger partial charge in [0.25, 0.3) is 5.91 Å². The summed E-state index contributed by atoms with van der Waals surface area (Å²) in [5, 5.41) is 1.07. The van der Waals surface area contributed by atoms with Gasteiger partial charge in [-0.15, -0.1) is 0 Å². The number of nitrogens with zero attached hydrogens (tertiary/aromatic N) is 3. The SMILES string of the molecule is CN(CC1CCn2ccnc2C1)C(=O)c1ccc2[nH]ccc2c1. The third-order valence-electron chi connectivity index (χ3n) is 4.73. The first-order valence-electron chi connectivity index (χ1n) is 8.03. The molecule has 1 aromatic carbocycles. The average molecular weight is 308 g/mol. The van der Waals surface area contributed by atoms with Crippen LogP contribution in [-0.2, 0) is 13.0 Å². The lowest BCUT2D eigenvalue weighted by atomic mass is 9.97. The first-order valence-corrected chi connectivity index (χ1v) is 8.03. The molecule has 5 heteroatoms. The zero-order valence-electron chi connectivity index (χ0n) is 13.2. The Morgan fingerprint density at radius 3 is 3.26 bits per heavy atom. The van der Waals surface area contributed by atoms with E-state index in [-0.39, 0.29) is 5.91 Å². The van der Waals surface area contributed by atoms with Gasteiger partial charge >= 0.3 is 0 Å². The largest absolute Gasteiger partial charge is 0.361 e. The molecule has 0 spiro atoms. The minimum atomic E-state index is 0.0852. The molecule has 2 aromatic heterocycles. The summed E-state index contributed by atoms with van der Waals surface area (Å²) < 4.78 is 2.21. The quantitative estimate of drug-likeness (QED) is 0.809. The van der Waals surface area contributed by atoms with Gasteiger partial charge in [0.15, 0.2) is 0 Å². The van der Waals surface area contributed by atoms with Crippen LogP contribution in [0.3, 0.4) is 0 Å². The third kappa shape index (κ3) is 2.63. The predicted molar refractivity (Wildman–Crippen MR) is 89.3 cm³/mol. The van der Waals surface area contributed by atoms with Gasteiger partial charge in [0.05, 0.1) is 0 Å². The van der Waals surface area contributed by atoms with Gasteiger partial charge in [0.2, 0.25) is 0 Å². The van der Waals surface area contributed by atoms with E-state index in [2.05, 4.69) is 14.5 Å². The Hall–Kier alpha value is -2.56. The van der Waals surface area contributed by atoms with Crippen LogP contribution in [0.25, 0.3) is 10.9 Å². The molecule has 1 unspecified atom stereocenters. The Morgan fingerprint density at radius 2 is 2.35 bits per heavy atom. The van der Waals surface area contributed by atoms with Crippen LogP contribution in [0.1, 0.15) is 22.6 Å². The minimum Gasteiger partial charge on any atom is -0.361 e. The molecule has 4 rings (SSSR count). The van der Waals surface area contributed by atoms with E-state index in [1.807, 2.05) is 54.8 Å². The molecular weight excluding hydrogens is 288 g/mol. The van der Waals surface area contributed by atoms with Gasteiger partial charge in [-0.05, 0) is 36.6 Å². The highest BCUT2D eigenvalue weighted by molar-refractivity contribution is 5.97. The van der Waals surface area contributed by atoms with Crippen molar-refractivity contribution in [1.29, 1.82) is 0 Å². The van der Waals surface area contributed by atoms with Crippen molar-refractivity contribution in [2.45, 2.75) is 19.4 Å². The summed E-state index contributed by atoms with van der Waals surface area (Å²) in [5.74, 6) is 1.70. The van der Waals surface area contributed by atoms with Crippen molar-refractivity contribution in [3.63, 3.8) is 0 Å². The number of rotatable bonds is 3. The van der Waals surface area contributed by atoms with E-state index < -0.39 is 0 Å². The number of aromatic amines is 1. The summed E-state index contributed by atoms with van der Waals surface area (Å²) in [7, 11) is 1.89. The fourth-order valence-electron chi connectivity index (χ4n) is 3.45. The molecule has 1 aliphatic heterocycles. The zero-order valence-corrected chi connectivity index (χ0v) is 13.2. The number of nitrogens with one attached hydrogen (secondary N) is 1. The van der Waals surface area contributed by atoms with E-state index in [0.29, 0.717) is 5.92 Å². The maximum Gasteiger partial charge on any atom is 0.253 e. The van der Waals surface area contributed by atoms with E-state index in [4.69, 9.17) is 0 Å².